The molecule has 0 amide bonds. The van der Waals surface area contributed by atoms with Crippen molar-refractivity contribution in [3.8, 4) is 11.4 Å². The minimum absolute atomic E-state index is 0.0935. The molecule has 3 atom stereocenters. The van der Waals surface area contributed by atoms with Crippen LogP contribution in [-0.2, 0) is 4.74 Å². The maximum atomic E-state index is 14.3. The molecule has 7 heteroatoms. The number of aromatic nitrogens is 2. The molecule has 25 heavy (non-hydrogen) atoms. The lowest BCUT2D eigenvalue weighted by atomic mass is 10.1. The van der Waals surface area contributed by atoms with Gasteiger partial charge in [-0.15, -0.1) is 0 Å². The molecule has 2 aliphatic heterocycles. The molecule has 1 aromatic carbocycles. The first kappa shape index (κ1) is 17.0. The number of hydrogen-bond acceptors (Lipinski definition) is 4. The number of morpholine rings is 1. The van der Waals surface area contributed by atoms with Crippen molar-refractivity contribution < 1.29 is 14.2 Å². The van der Waals surface area contributed by atoms with Crippen molar-refractivity contribution in [3.05, 3.63) is 41.4 Å². The van der Waals surface area contributed by atoms with E-state index in [9.17, 15) is 4.39 Å². The molecule has 0 saturated carbocycles. The third-order valence-corrected chi connectivity index (χ3v) is 5.39. The summed E-state index contributed by atoms with van der Waals surface area (Å²) in [7, 11) is 0. The molecule has 1 aromatic heterocycles. The number of imidazole rings is 1. The first-order valence-corrected chi connectivity index (χ1v) is 8.98. The van der Waals surface area contributed by atoms with Gasteiger partial charge in [-0.25, -0.2) is 9.37 Å². The topological polar surface area (TPSA) is 50.5 Å². The van der Waals surface area contributed by atoms with Crippen LogP contribution >= 0.6 is 11.6 Å². The number of nitrogens with zero attached hydrogens (tertiary/aromatic N) is 3. The SMILES string of the molecule is OCC[C@H]1CN2C[C@H](n3ccnc3-c3ccc(Cl)cc3F)C[C@H]2CO1. The molecule has 5 nitrogen and oxygen atoms in total. The standard InChI is InChI=1S/C18H21ClFN3O2/c19-12-1-2-16(17(20)7-12)18-21-4-5-23(18)13-8-14-11-25-15(3-6-24)10-22(14)9-13/h1-2,4-5,7,13-15,24H,3,6,8-11H2/t13-,14+,15+/m1/s1. The third-order valence-electron chi connectivity index (χ3n) is 5.15. The average molecular weight is 366 g/mol. The van der Waals surface area contributed by atoms with Crippen molar-refractivity contribution >= 4 is 11.6 Å². The summed E-state index contributed by atoms with van der Waals surface area (Å²) in [6, 6.07) is 5.28. The van der Waals surface area contributed by atoms with Gasteiger partial charge in [-0.1, -0.05) is 11.6 Å². The number of hydrogen-bond donors (Lipinski definition) is 1. The third kappa shape index (κ3) is 3.31. The first-order valence-electron chi connectivity index (χ1n) is 8.60. The number of fused-ring (bicyclic) bond motifs is 1. The fourth-order valence-electron chi connectivity index (χ4n) is 3.92. The summed E-state index contributed by atoms with van der Waals surface area (Å²) in [6.45, 7) is 2.55. The van der Waals surface area contributed by atoms with Crippen LogP contribution in [0.1, 0.15) is 18.9 Å². The Bertz CT molecular complexity index is 754. The summed E-state index contributed by atoms with van der Waals surface area (Å²) >= 11 is 5.86. The Hall–Kier alpha value is -1.47. The Kier molecular flexibility index (Phi) is 4.78. The van der Waals surface area contributed by atoms with E-state index >= 15 is 0 Å². The lowest BCUT2D eigenvalue weighted by Crippen LogP contribution is -2.46. The number of halogens is 2. The second-order valence-corrected chi connectivity index (χ2v) is 7.18. The smallest absolute Gasteiger partial charge is 0.143 e. The molecule has 1 N–H and O–H groups in total. The highest BCUT2D eigenvalue weighted by Gasteiger charge is 2.38. The molecule has 2 saturated heterocycles. The lowest BCUT2D eigenvalue weighted by Gasteiger charge is -2.34. The minimum Gasteiger partial charge on any atom is -0.396 e. The average Bonchev–Trinajstić information content (AvgIpc) is 3.21. The van der Waals surface area contributed by atoms with Gasteiger partial charge in [0.25, 0.3) is 0 Å². The Morgan fingerprint density at radius 3 is 3.00 bits per heavy atom. The fraction of sp³-hybridized carbons (Fsp3) is 0.500. The zero-order chi connectivity index (χ0) is 17.4. The molecule has 2 aliphatic rings. The van der Waals surface area contributed by atoms with Crippen LogP contribution in [-0.4, -0.2) is 58.0 Å². The van der Waals surface area contributed by atoms with Crippen molar-refractivity contribution in [1.29, 1.82) is 0 Å². The molecule has 0 bridgehead atoms. The zero-order valence-electron chi connectivity index (χ0n) is 13.8. The maximum absolute atomic E-state index is 14.3. The molecule has 0 aliphatic carbocycles. The molecule has 0 radical (unpaired) electrons. The van der Waals surface area contributed by atoms with Gasteiger partial charge in [0.1, 0.15) is 11.6 Å². The Labute approximate surface area is 151 Å². The van der Waals surface area contributed by atoms with Gasteiger partial charge in [-0.05, 0) is 31.0 Å². The fourth-order valence-corrected chi connectivity index (χ4v) is 4.08. The highest BCUT2D eigenvalue weighted by Crippen LogP contribution is 2.34. The Morgan fingerprint density at radius 2 is 2.20 bits per heavy atom. The van der Waals surface area contributed by atoms with Gasteiger partial charge in [0, 0.05) is 49.2 Å². The normalized spacial score (nSPS) is 26.8. The quantitative estimate of drug-likeness (QED) is 0.905. The molecule has 0 spiro atoms. The van der Waals surface area contributed by atoms with Crippen LogP contribution in [0.2, 0.25) is 5.02 Å². The molecule has 2 aromatic rings. The summed E-state index contributed by atoms with van der Waals surface area (Å²) in [5.41, 5.74) is 0.466. The van der Waals surface area contributed by atoms with Gasteiger partial charge in [0.15, 0.2) is 0 Å². The van der Waals surface area contributed by atoms with Crippen molar-refractivity contribution in [2.45, 2.75) is 31.0 Å². The Morgan fingerprint density at radius 1 is 1.32 bits per heavy atom. The summed E-state index contributed by atoms with van der Waals surface area (Å²) in [4.78, 5) is 6.79. The summed E-state index contributed by atoms with van der Waals surface area (Å²) < 4.78 is 22.2. The van der Waals surface area contributed by atoms with Crippen LogP contribution in [0.3, 0.4) is 0 Å². The van der Waals surface area contributed by atoms with Crippen LogP contribution in [0, 0.1) is 5.82 Å². The Balaban J connectivity index is 1.55. The minimum atomic E-state index is -0.359. The van der Waals surface area contributed by atoms with Crippen LogP contribution < -0.4 is 0 Å². The highest BCUT2D eigenvalue weighted by atomic mass is 35.5. The molecule has 4 rings (SSSR count). The highest BCUT2D eigenvalue weighted by molar-refractivity contribution is 6.30. The number of rotatable bonds is 4. The van der Waals surface area contributed by atoms with E-state index in [1.165, 1.54) is 6.07 Å². The molecule has 3 heterocycles. The largest absolute Gasteiger partial charge is 0.396 e. The van der Waals surface area contributed by atoms with E-state index in [4.69, 9.17) is 21.4 Å². The van der Waals surface area contributed by atoms with E-state index in [2.05, 4.69) is 14.5 Å². The van der Waals surface area contributed by atoms with Gasteiger partial charge < -0.3 is 14.4 Å². The van der Waals surface area contributed by atoms with E-state index in [1.807, 2.05) is 6.20 Å². The first-order chi connectivity index (χ1) is 12.2. The summed E-state index contributed by atoms with van der Waals surface area (Å²) in [5, 5.41) is 9.49. The second kappa shape index (κ2) is 7.03. The number of benzene rings is 1. The molecular formula is C18H21ClFN3O2. The van der Waals surface area contributed by atoms with Gasteiger partial charge in [-0.3, -0.25) is 4.90 Å². The molecule has 2 fully saturated rings. The lowest BCUT2D eigenvalue weighted by molar-refractivity contribution is -0.0567. The predicted octanol–water partition coefficient (Wildman–Crippen LogP) is 2.74. The van der Waals surface area contributed by atoms with Crippen LogP contribution in [0.15, 0.2) is 30.6 Å². The molecular weight excluding hydrogens is 345 g/mol. The number of aliphatic hydroxyl groups is 1. The van der Waals surface area contributed by atoms with Gasteiger partial charge in [-0.2, -0.15) is 0 Å². The van der Waals surface area contributed by atoms with Gasteiger partial charge in [0.2, 0.25) is 0 Å². The molecule has 0 unspecified atom stereocenters. The van der Waals surface area contributed by atoms with Crippen molar-refractivity contribution in [2.75, 3.05) is 26.3 Å². The van der Waals surface area contributed by atoms with E-state index < -0.39 is 0 Å². The van der Waals surface area contributed by atoms with E-state index in [-0.39, 0.29) is 24.6 Å². The van der Waals surface area contributed by atoms with Gasteiger partial charge >= 0.3 is 0 Å². The predicted molar refractivity (Wildman–Crippen MR) is 93.1 cm³/mol. The number of ether oxygens (including phenoxy) is 1. The van der Waals surface area contributed by atoms with Crippen molar-refractivity contribution in [3.63, 3.8) is 0 Å². The van der Waals surface area contributed by atoms with Crippen molar-refractivity contribution in [1.82, 2.24) is 14.5 Å². The molecule has 134 valence electrons. The number of aliphatic hydroxyl groups excluding tert-OH is 1. The second-order valence-electron chi connectivity index (χ2n) is 6.75. The summed E-state index contributed by atoms with van der Waals surface area (Å²) in [6.07, 6.45) is 5.34. The monoisotopic (exact) mass is 365 g/mol. The summed E-state index contributed by atoms with van der Waals surface area (Å²) in [5.74, 6) is 0.272. The van der Waals surface area contributed by atoms with Crippen LogP contribution in [0.25, 0.3) is 11.4 Å². The van der Waals surface area contributed by atoms with Crippen molar-refractivity contribution in [2.24, 2.45) is 0 Å². The van der Waals surface area contributed by atoms with Gasteiger partial charge in [0.05, 0.1) is 18.3 Å². The van der Waals surface area contributed by atoms with E-state index in [0.29, 0.717) is 35.5 Å². The van der Waals surface area contributed by atoms with E-state index in [0.717, 1.165) is 19.5 Å². The zero-order valence-corrected chi connectivity index (χ0v) is 14.6. The van der Waals surface area contributed by atoms with Crippen LogP contribution in [0.4, 0.5) is 4.39 Å². The van der Waals surface area contributed by atoms with E-state index in [1.54, 1.807) is 18.3 Å². The maximum Gasteiger partial charge on any atom is 0.143 e. The van der Waals surface area contributed by atoms with Crippen LogP contribution in [0.5, 0.6) is 0 Å².